The summed E-state index contributed by atoms with van der Waals surface area (Å²) in [5.74, 6) is -0.834. The fourth-order valence-corrected chi connectivity index (χ4v) is 8.65. The Balaban J connectivity index is 1.43. The van der Waals surface area contributed by atoms with Crippen LogP contribution in [-0.4, -0.2) is 182 Å². The highest BCUT2D eigenvalue weighted by atomic mass is 19.4. The molecule has 22 heteroatoms. The van der Waals surface area contributed by atoms with Gasteiger partial charge in [-0.3, -0.25) is 28.8 Å². The van der Waals surface area contributed by atoms with Crippen molar-refractivity contribution in [2.75, 3.05) is 66.6 Å². The van der Waals surface area contributed by atoms with Crippen LogP contribution in [0.15, 0.2) is 60.7 Å². The molecular weight excluding hydrogens is 967 g/mol. The number of likely N-dealkylation sites (tertiary alicyclic amines) is 2. The summed E-state index contributed by atoms with van der Waals surface area (Å²) in [6.45, 7) is 4.75. The first kappa shape index (κ1) is 59.8. The first-order valence-corrected chi connectivity index (χ1v) is 24.6. The van der Waals surface area contributed by atoms with E-state index in [-0.39, 0.29) is 65.3 Å². The molecule has 0 aromatic heterocycles. The van der Waals surface area contributed by atoms with Crippen LogP contribution in [0.3, 0.4) is 0 Å². The van der Waals surface area contributed by atoms with Gasteiger partial charge in [0.1, 0.15) is 25.3 Å². The second-order valence-corrected chi connectivity index (χ2v) is 18.4. The molecule has 4 unspecified atom stereocenters. The van der Waals surface area contributed by atoms with E-state index >= 15 is 0 Å². The van der Waals surface area contributed by atoms with E-state index in [1.165, 1.54) is 23.6 Å². The van der Waals surface area contributed by atoms with E-state index in [4.69, 9.17) is 9.47 Å². The van der Waals surface area contributed by atoms with Crippen LogP contribution in [0.2, 0.25) is 0 Å². The number of aryl methyl sites for hydroxylation is 1. The minimum absolute atomic E-state index is 0.153. The predicted octanol–water partition coefficient (Wildman–Crippen LogP) is 3.62. The van der Waals surface area contributed by atoms with Gasteiger partial charge < -0.3 is 50.3 Å². The maximum absolute atomic E-state index is 14.3. The number of alkyl halides is 6. The third-order valence-corrected chi connectivity index (χ3v) is 13.2. The number of rotatable bonds is 25. The summed E-state index contributed by atoms with van der Waals surface area (Å²) in [5, 5.41) is 11.0. The van der Waals surface area contributed by atoms with Crippen molar-refractivity contribution in [2.45, 2.75) is 133 Å². The summed E-state index contributed by atoms with van der Waals surface area (Å²) in [6, 6.07) is 12.2. The van der Waals surface area contributed by atoms with Crippen LogP contribution in [0.5, 0.6) is 0 Å². The highest BCUT2D eigenvalue weighted by molar-refractivity contribution is 5.91. The lowest BCUT2D eigenvalue weighted by Gasteiger charge is -2.35. The average molecular weight is 1040 g/mol. The van der Waals surface area contributed by atoms with Crippen molar-refractivity contribution in [3.8, 4) is 11.8 Å². The SMILES string of the molecule is CN[C@@H](C)C(=O)NC(C(=O)N1CCC[C@H]1CN(CCCc1ccccc1)C(=O)C(F)(F)F)C(C)OCC#CCOC(C)C(NC(=O)[C@H](C)NC)C(=O)N1CCC[C@H]1CN(CCc1ccccc1)C(=O)C(F)(F)F. The number of nitrogens with zero attached hydrogens (tertiary/aromatic N) is 4. The molecule has 0 aliphatic carbocycles. The van der Waals surface area contributed by atoms with Crippen molar-refractivity contribution in [3.63, 3.8) is 0 Å². The van der Waals surface area contributed by atoms with Crippen LogP contribution >= 0.6 is 0 Å². The molecule has 73 heavy (non-hydrogen) atoms. The summed E-state index contributed by atoms with van der Waals surface area (Å²) in [4.78, 5) is 84.3. The Morgan fingerprint density at radius 3 is 1.38 bits per heavy atom. The Kier molecular flexibility index (Phi) is 23.5. The molecule has 4 rings (SSSR count). The predicted molar refractivity (Wildman–Crippen MR) is 259 cm³/mol. The molecule has 2 heterocycles. The van der Waals surface area contributed by atoms with E-state index < -0.39 is 96.3 Å². The summed E-state index contributed by atoms with van der Waals surface area (Å²) in [6.07, 6.45) is -9.96. The number of ether oxygens (including phenoxy) is 2. The Morgan fingerprint density at radius 1 is 0.616 bits per heavy atom. The lowest BCUT2D eigenvalue weighted by atomic mass is 10.1. The van der Waals surface area contributed by atoms with Crippen LogP contribution in [0.25, 0.3) is 0 Å². The molecule has 2 fully saturated rings. The topological polar surface area (TPSA) is 182 Å². The van der Waals surface area contributed by atoms with Crippen molar-refractivity contribution in [2.24, 2.45) is 0 Å². The van der Waals surface area contributed by atoms with E-state index in [1.54, 1.807) is 58.3 Å². The number of carbonyl (C=O) groups excluding carboxylic acids is 6. The second-order valence-electron chi connectivity index (χ2n) is 18.4. The number of likely N-dealkylation sites (N-methyl/N-ethyl adjacent to an activating group) is 2. The number of benzene rings is 2. The van der Waals surface area contributed by atoms with Gasteiger partial charge in [0.05, 0.1) is 24.3 Å². The van der Waals surface area contributed by atoms with E-state index in [1.807, 2.05) is 30.3 Å². The van der Waals surface area contributed by atoms with Crippen molar-refractivity contribution in [1.82, 2.24) is 40.9 Å². The van der Waals surface area contributed by atoms with Gasteiger partial charge in [-0.25, -0.2) is 0 Å². The third-order valence-electron chi connectivity index (χ3n) is 13.2. The fourth-order valence-electron chi connectivity index (χ4n) is 8.65. The van der Waals surface area contributed by atoms with Gasteiger partial charge in [-0.05, 0) is 97.9 Å². The van der Waals surface area contributed by atoms with Crippen molar-refractivity contribution in [3.05, 3.63) is 71.8 Å². The van der Waals surface area contributed by atoms with Crippen LogP contribution < -0.4 is 21.3 Å². The molecule has 0 radical (unpaired) electrons. The van der Waals surface area contributed by atoms with Crippen LogP contribution in [-0.2, 0) is 51.1 Å². The van der Waals surface area contributed by atoms with Crippen molar-refractivity contribution < 1.29 is 64.6 Å². The fraction of sp³-hybridized carbons (Fsp3) is 0.608. The molecular formula is C51H70F6N8O8. The van der Waals surface area contributed by atoms with Gasteiger partial charge in [-0.1, -0.05) is 72.5 Å². The zero-order valence-electron chi connectivity index (χ0n) is 42.3. The number of hydrogen-bond donors (Lipinski definition) is 4. The van der Waals surface area contributed by atoms with E-state index in [0.29, 0.717) is 37.0 Å². The van der Waals surface area contributed by atoms with E-state index in [0.717, 1.165) is 16.0 Å². The molecule has 404 valence electrons. The second kappa shape index (κ2) is 28.6. The zero-order valence-corrected chi connectivity index (χ0v) is 42.3. The van der Waals surface area contributed by atoms with Gasteiger partial charge in [0.2, 0.25) is 23.6 Å². The molecule has 2 aliphatic rings. The molecule has 8 atom stereocenters. The molecule has 2 saturated heterocycles. The monoisotopic (exact) mass is 1040 g/mol. The standard InChI is InChI=1S/C51H70F6N8O8/c1-34(58-5)44(66)60-42(46(68)64-27-16-23-40(64)32-62(48(70)50(52,53)54)26-15-22-38-18-9-7-10-19-38)36(3)72-30-13-14-31-73-37(4)43(61-45(67)35(2)59-6)47(69)65-28-17-24-41(65)33-63(49(71)51(55,56)57)29-25-39-20-11-8-12-21-39/h7-12,18-21,34-37,40-43,58-59H,15-17,22-33H2,1-6H3,(H,60,66)(H,61,67)/t34-,35-,36?,37?,40-,41-,42?,43?/m0/s1. The highest BCUT2D eigenvalue weighted by Gasteiger charge is 2.46. The zero-order chi connectivity index (χ0) is 53.9. The van der Waals surface area contributed by atoms with Gasteiger partial charge in [-0.2, -0.15) is 26.3 Å². The lowest BCUT2D eigenvalue weighted by Crippen LogP contribution is -2.59. The van der Waals surface area contributed by atoms with Crippen molar-refractivity contribution in [1.29, 1.82) is 0 Å². The summed E-state index contributed by atoms with van der Waals surface area (Å²) >= 11 is 0. The Hall–Kier alpha value is -5.76. The Labute approximate surface area is 423 Å². The molecule has 0 saturated carbocycles. The van der Waals surface area contributed by atoms with Gasteiger partial charge in [0.15, 0.2) is 0 Å². The number of carbonyl (C=O) groups is 6. The maximum Gasteiger partial charge on any atom is 0.471 e. The number of halogens is 6. The number of amides is 6. The van der Waals surface area contributed by atoms with Gasteiger partial charge in [-0.15, -0.1) is 0 Å². The Morgan fingerprint density at radius 2 is 1.00 bits per heavy atom. The maximum atomic E-state index is 14.3. The minimum Gasteiger partial charge on any atom is -0.363 e. The average Bonchev–Trinajstić information content (AvgIpc) is 4.05. The van der Waals surface area contributed by atoms with Crippen LogP contribution in [0.1, 0.15) is 70.9 Å². The highest BCUT2D eigenvalue weighted by Crippen LogP contribution is 2.27. The Bertz CT molecular complexity index is 2180. The minimum atomic E-state index is -5.14. The molecule has 0 bridgehead atoms. The van der Waals surface area contributed by atoms with Gasteiger partial charge in [0, 0.05) is 51.4 Å². The first-order chi connectivity index (χ1) is 34.6. The third kappa shape index (κ3) is 18.3. The van der Waals surface area contributed by atoms with E-state index in [2.05, 4.69) is 33.1 Å². The van der Waals surface area contributed by atoms with E-state index in [9.17, 15) is 55.1 Å². The summed E-state index contributed by atoms with van der Waals surface area (Å²) in [7, 11) is 3.09. The molecule has 4 N–H and O–H groups in total. The molecule has 6 amide bonds. The molecule has 0 spiro atoms. The van der Waals surface area contributed by atoms with Gasteiger partial charge in [0.25, 0.3) is 0 Å². The number of hydrogen-bond acceptors (Lipinski definition) is 10. The molecule has 16 nitrogen and oxygen atoms in total. The molecule has 2 aromatic rings. The molecule has 2 aliphatic heterocycles. The van der Waals surface area contributed by atoms with Gasteiger partial charge >= 0.3 is 24.2 Å². The first-order valence-electron chi connectivity index (χ1n) is 24.6. The summed E-state index contributed by atoms with van der Waals surface area (Å²) in [5.41, 5.74) is 1.63. The largest absolute Gasteiger partial charge is 0.471 e. The summed E-state index contributed by atoms with van der Waals surface area (Å²) < 4.78 is 94.8. The normalized spacial score (nSPS) is 18.4. The quantitative estimate of drug-likeness (QED) is 0.0848. The van der Waals surface area contributed by atoms with Crippen LogP contribution in [0, 0.1) is 11.8 Å². The van der Waals surface area contributed by atoms with Crippen LogP contribution in [0.4, 0.5) is 26.3 Å². The number of nitrogens with one attached hydrogen (secondary N) is 4. The van der Waals surface area contributed by atoms with Crippen molar-refractivity contribution >= 4 is 35.4 Å². The smallest absolute Gasteiger partial charge is 0.363 e. The lowest BCUT2D eigenvalue weighted by molar-refractivity contribution is -0.186. The molecule has 2 aromatic carbocycles.